The van der Waals surface area contributed by atoms with Crippen LogP contribution < -0.4 is 5.32 Å². The number of nitrogens with one attached hydrogen (secondary N) is 1. The number of hydrogen-bond donors (Lipinski definition) is 1. The maximum absolute atomic E-state index is 12.5. The molecule has 1 N–H and O–H groups in total. The van der Waals surface area contributed by atoms with Gasteiger partial charge in [-0.1, -0.05) is 40.2 Å². The van der Waals surface area contributed by atoms with E-state index in [2.05, 4.69) is 27.3 Å². The van der Waals surface area contributed by atoms with E-state index in [0.717, 1.165) is 20.9 Å². The molecular weight excluding hydrogens is 392 g/mol. The molecule has 0 spiro atoms. The van der Waals surface area contributed by atoms with Crippen LogP contribution in [0, 0.1) is 22.7 Å². The second kappa shape index (κ2) is 7.69. The highest BCUT2D eigenvalue weighted by molar-refractivity contribution is 9.10. The summed E-state index contributed by atoms with van der Waals surface area (Å²) < 4.78 is 2.62. The maximum atomic E-state index is 12.5. The van der Waals surface area contributed by atoms with Gasteiger partial charge in [-0.2, -0.15) is 10.5 Å². The van der Waals surface area contributed by atoms with Gasteiger partial charge in [0.15, 0.2) is 0 Å². The Hall–Kier alpha value is -3.35. The van der Waals surface area contributed by atoms with E-state index in [1.165, 1.54) is 0 Å². The predicted octanol–water partition coefficient (Wildman–Crippen LogP) is 4.47. The minimum atomic E-state index is -0.484. The summed E-state index contributed by atoms with van der Waals surface area (Å²) >= 11 is 3.34. The third kappa shape index (κ3) is 3.66. The number of anilines is 1. The van der Waals surface area contributed by atoms with Gasteiger partial charge in [-0.05, 0) is 30.3 Å². The van der Waals surface area contributed by atoms with Crippen LogP contribution in [0.5, 0.6) is 0 Å². The number of hydrogen-bond acceptors (Lipinski definition) is 3. The van der Waals surface area contributed by atoms with E-state index >= 15 is 0 Å². The van der Waals surface area contributed by atoms with Crippen molar-refractivity contribution in [2.45, 2.75) is 6.54 Å². The number of halogens is 1. The molecule has 0 aliphatic heterocycles. The SMILES string of the molecule is N#CCn1cc(/C=C(\C#N)C(=O)Nc2cccc(Br)c2)c2ccccc21. The molecule has 3 aromatic rings. The second-order valence-electron chi connectivity index (χ2n) is 5.52. The van der Waals surface area contributed by atoms with Crippen molar-refractivity contribution in [1.29, 1.82) is 10.5 Å². The van der Waals surface area contributed by atoms with Crippen LogP contribution in [-0.2, 0) is 11.3 Å². The van der Waals surface area contributed by atoms with Gasteiger partial charge >= 0.3 is 0 Å². The first kappa shape index (κ1) is 17.5. The average Bonchev–Trinajstić information content (AvgIpc) is 2.98. The van der Waals surface area contributed by atoms with Gasteiger partial charge in [-0.15, -0.1) is 0 Å². The first-order chi connectivity index (χ1) is 12.6. The molecule has 0 bridgehead atoms. The Bertz CT molecular complexity index is 1100. The highest BCUT2D eigenvalue weighted by Crippen LogP contribution is 2.24. The van der Waals surface area contributed by atoms with Gasteiger partial charge in [0.2, 0.25) is 0 Å². The Morgan fingerprint density at radius 1 is 1.19 bits per heavy atom. The lowest BCUT2D eigenvalue weighted by molar-refractivity contribution is -0.112. The van der Waals surface area contributed by atoms with Crippen molar-refractivity contribution in [3.8, 4) is 12.1 Å². The minimum absolute atomic E-state index is 0.00941. The number of fused-ring (bicyclic) bond motifs is 1. The predicted molar refractivity (Wildman–Crippen MR) is 104 cm³/mol. The summed E-state index contributed by atoms with van der Waals surface area (Å²) in [5, 5.41) is 22.0. The second-order valence-corrected chi connectivity index (χ2v) is 6.44. The first-order valence-electron chi connectivity index (χ1n) is 7.76. The smallest absolute Gasteiger partial charge is 0.266 e. The van der Waals surface area contributed by atoms with Crippen LogP contribution in [0.15, 0.2) is 64.8 Å². The fourth-order valence-corrected chi connectivity index (χ4v) is 3.07. The topological polar surface area (TPSA) is 81.6 Å². The third-order valence-electron chi connectivity index (χ3n) is 3.81. The van der Waals surface area contributed by atoms with Crippen molar-refractivity contribution >= 4 is 44.5 Å². The van der Waals surface area contributed by atoms with E-state index in [0.29, 0.717) is 5.69 Å². The lowest BCUT2D eigenvalue weighted by Gasteiger charge is -2.04. The van der Waals surface area contributed by atoms with Crippen molar-refractivity contribution in [2.24, 2.45) is 0 Å². The number of para-hydroxylation sites is 1. The minimum Gasteiger partial charge on any atom is -0.333 e. The van der Waals surface area contributed by atoms with E-state index < -0.39 is 5.91 Å². The zero-order valence-electron chi connectivity index (χ0n) is 13.6. The lowest BCUT2D eigenvalue weighted by Crippen LogP contribution is -2.13. The molecule has 5 nitrogen and oxygen atoms in total. The molecule has 0 aliphatic rings. The van der Waals surface area contributed by atoms with Gasteiger partial charge < -0.3 is 9.88 Å². The summed E-state index contributed by atoms with van der Waals surface area (Å²) in [5.74, 6) is -0.484. The van der Waals surface area contributed by atoms with Gasteiger partial charge in [-0.3, -0.25) is 4.79 Å². The molecular formula is C20H13BrN4O. The number of aromatic nitrogens is 1. The molecule has 0 fully saturated rings. The average molecular weight is 405 g/mol. The number of nitriles is 2. The van der Waals surface area contributed by atoms with Crippen LogP contribution in [0.25, 0.3) is 17.0 Å². The van der Waals surface area contributed by atoms with Gasteiger partial charge in [0.25, 0.3) is 5.91 Å². The van der Waals surface area contributed by atoms with E-state index in [-0.39, 0.29) is 12.1 Å². The summed E-state index contributed by atoms with van der Waals surface area (Å²) in [5.41, 5.74) is 2.18. The molecule has 2 aromatic carbocycles. The molecule has 0 saturated carbocycles. The van der Waals surface area contributed by atoms with Crippen LogP contribution >= 0.6 is 15.9 Å². The van der Waals surface area contributed by atoms with E-state index in [4.69, 9.17) is 5.26 Å². The summed E-state index contributed by atoms with van der Waals surface area (Å²) in [6.07, 6.45) is 3.32. The van der Waals surface area contributed by atoms with E-state index in [1.807, 2.05) is 36.4 Å². The molecule has 0 aliphatic carbocycles. The molecule has 0 atom stereocenters. The number of carbonyl (C=O) groups excluding carboxylic acids is 1. The molecule has 0 saturated heterocycles. The molecule has 126 valence electrons. The monoisotopic (exact) mass is 404 g/mol. The normalized spacial score (nSPS) is 11.0. The highest BCUT2D eigenvalue weighted by Gasteiger charge is 2.12. The Morgan fingerprint density at radius 3 is 2.73 bits per heavy atom. The summed E-state index contributed by atoms with van der Waals surface area (Å²) in [6.45, 7) is 0.195. The molecule has 0 unspecified atom stereocenters. The molecule has 3 rings (SSSR count). The fourth-order valence-electron chi connectivity index (χ4n) is 2.67. The Labute approximate surface area is 158 Å². The number of rotatable bonds is 4. The van der Waals surface area contributed by atoms with Crippen LogP contribution in [0.1, 0.15) is 5.56 Å². The molecule has 1 heterocycles. The van der Waals surface area contributed by atoms with Crippen LogP contribution in [-0.4, -0.2) is 10.5 Å². The standard InChI is InChI=1S/C20H13BrN4O/c21-16-4-3-5-17(11-16)24-20(26)14(12-23)10-15-13-25(9-8-22)19-7-2-1-6-18(15)19/h1-7,10-11,13H,9H2,(H,24,26)/b14-10+. The molecule has 6 heteroatoms. The van der Waals surface area contributed by atoms with Gasteiger partial charge in [0.05, 0.1) is 6.07 Å². The zero-order chi connectivity index (χ0) is 18.5. The van der Waals surface area contributed by atoms with Gasteiger partial charge in [0.1, 0.15) is 18.2 Å². The number of amides is 1. The maximum Gasteiger partial charge on any atom is 0.266 e. The third-order valence-corrected chi connectivity index (χ3v) is 4.30. The van der Waals surface area contributed by atoms with Crippen molar-refractivity contribution in [2.75, 3.05) is 5.32 Å². The molecule has 1 amide bonds. The highest BCUT2D eigenvalue weighted by atomic mass is 79.9. The zero-order valence-corrected chi connectivity index (χ0v) is 15.2. The van der Waals surface area contributed by atoms with Crippen molar-refractivity contribution in [3.05, 3.63) is 70.3 Å². The van der Waals surface area contributed by atoms with Crippen LogP contribution in [0.2, 0.25) is 0 Å². The van der Waals surface area contributed by atoms with E-state index in [9.17, 15) is 10.1 Å². The van der Waals surface area contributed by atoms with Crippen molar-refractivity contribution in [1.82, 2.24) is 4.57 Å². The Kier molecular flexibility index (Phi) is 5.17. The van der Waals surface area contributed by atoms with Crippen LogP contribution in [0.4, 0.5) is 5.69 Å². The quantitative estimate of drug-likeness (QED) is 0.514. The Balaban J connectivity index is 1.97. The molecule has 26 heavy (non-hydrogen) atoms. The first-order valence-corrected chi connectivity index (χ1v) is 8.55. The largest absolute Gasteiger partial charge is 0.333 e. The fraction of sp³-hybridized carbons (Fsp3) is 0.0500. The lowest BCUT2D eigenvalue weighted by atomic mass is 10.1. The van der Waals surface area contributed by atoms with E-state index in [1.54, 1.807) is 35.0 Å². The Morgan fingerprint density at radius 2 is 2.00 bits per heavy atom. The van der Waals surface area contributed by atoms with Gasteiger partial charge in [0, 0.05) is 32.8 Å². The summed E-state index contributed by atoms with van der Waals surface area (Å²) in [6, 6.07) is 18.8. The number of benzene rings is 2. The number of nitrogens with zero attached hydrogens (tertiary/aromatic N) is 3. The van der Waals surface area contributed by atoms with Gasteiger partial charge in [-0.25, -0.2) is 0 Å². The molecule has 0 radical (unpaired) electrons. The summed E-state index contributed by atoms with van der Waals surface area (Å²) in [7, 11) is 0. The van der Waals surface area contributed by atoms with Crippen LogP contribution in [0.3, 0.4) is 0 Å². The van der Waals surface area contributed by atoms with Crippen molar-refractivity contribution < 1.29 is 4.79 Å². The number of carbonyl (C=O) groups is 1. The van der Waals surface area contributed by atoms with Crippen molar-refractivity contribution in [3.63, 3.8) is 0 Å². The molecule has 1 aromatic heterocycles. The summed E-state index contributed by atoms with van der Waals surface area (Å²) in [4.78, 5) is 12.5.